The second kappa shape index (κ2) is 13.9. The van der Waals surface area contributed by atoms with E-state index in [9.17, 15) is 18.0 Å². The minimum absolute atomic E-state index is 0.0145. The fourth-order valence-corrected chi connectivity index (χ4v) is 5.78. The summed E-state index contributed by atoms with van der Waals surface area (Å²) in [5, 5.41) is 3.59. The van der Waals surface area contributed by atoms with E-state index in [1.165, 1.54) is 30.2 Å². The molecule has 0 radical (unpaired) electrons. The maximum absolute atomic E-state index is 14.0. The van der Waals surface area contributed by atoms with Gasteiger partial charge in [-0.25, -0.2) is 8.42 Å². The second-order valence-corrected chi connectivity index (χ2v) is 12.3. The molecule has 1 atom stereocenters. The highest BCUT2D eigenvalue weighted by Gasteiger charge is 2.33. The number of anilines is 1. The number of sulfonamides is 1. The lowest BCUT2D eigenvalue weighted by atomic mass is 10.1. The van der Waals surface area contributed by atoms with E-state index in [4.69, 9.17) is 27.9 Å². The number of amides is 2. The summed E-state index contributed by atoms with van der Waals surface area (Å²) >= 11 is 12.5. The third-order valence-electron chi connectivity index (χ3n) is 6.16. The predicted molar refractivity (Wildman–Crippen MR) is 158 cm³/mol. The lowest BCUT2D eigenvalue weighted by molar-refractivity contribution is -0.139. The van der Waals surface area contributed by atoms with Gasteiger partial charge in [0, 0.05) is 29.2 Å². The Morgan fingerprint density at radius 3 is 2.27 bits per heavy atom. The lowest BCUT2D eigenvalue weighted by Crippen LogP contribution is -2.51. The van der Waals surface area contributed by atoms with Gasteiger partial charge in [0.2, 0.25) is 11.8 Å². The first-order valence-electron chi connectivity index (χ1n) is 12.7. The number of hydrogen-bond acceptors (Lipinski definition) is 5. The summed E-state index contributed by atoms with van der Waals surface area (Å²) in [6.07, 6.45) is 0. The molecule has 3 aromatic carbocycles. The van der Waals surface area contributed by atoms with E-state index < -0.39 is 28.5 Å². The van der Waals surface area contributed by atoms with Crippen LogP contribution in [-0.4, -0.2) is 51.4 Å². The predicted octanol–water partition coefficient (Wildman–Crippen LogP) is 5.39. The Hall–Kier alpha value is -3.27. The van der Waals surface area contributed by atoms with Gasteiger partial charge in [0.25, 0.3) is 10.0 Å². The molecule has 0 aromatic heterocycles. The number of nitrogens with zero attached hydrogens (tertiary/aromatic N) is 2. The summed E-state index contributed by atoms with van der Waals surface area (Å²) in [4.78, 5) is 28.4. The van der Waals surface area contributed by atoms with Crippen LogP contribution in [0.3, 0.4) is 0 Å². The topological polar surface area (TPSA) is 96.0 Å². The van der Waals surface area contributed by atoms with Crippen molar-refractivity contribution in [3.63, 3.8) is 0 Å². The van der Waals surface area contributed by atoms with Gasteiger partial charge >= 0.3 is 0 Å². The minimum Gasteiger partial charge on any atom is -0.497 e. The zero-order valence-corrected chi connectivity index (χ0v) is 25.1. The van der Waals surface area contributed by atoms with Gasteiger partial charge in [0.1, 0.15) is 18.3 Å². The molecule has 0 heterocycles. The maximum Gasteiger partial charge on any atom is 0.264 e. The molecule has 0 saturated heterocycles. The summed E-state index contributed by atoms with van der Waals surface area (Å²) < 4.78 is 34.0. The molecule has 0 saturated carbocycles. The van der Waals surface area contributed by atoms with Crippen LogP contribution in [0.25, 0.3) is 0 Å². The van der Waals surface area contributed by atoms with Crippen molar-refractivity contribution in [3.05, 3.63) is 88.4 Å². The highest BCUT2D eigenvalue weighted by Crippen LogP contribution is 2.28. The average Bonchev–Trinajstić information content (AvgIpc) is 2.94. The number of carbonyl (C=O) groups is 2. The molecule has 0 aliphatic carbocycles. The summed E-state index contributed by atoms with van der Waals surface area (Å²) in [5.74, 6) is -0.346. The van der Waals surface area contributed by atoms with Crippen molar-refractivity contribution in [3.8, 4) is 5.75 Å². The first-order valence-corrected chi connectivity index (χ1v) is 14.9. The fourth-order valence-electron chi connectivity index (χ4n) is 3.88. The first kappa shape index (κ1) is 31.3. The van der Waals surface area contributed by atoms with Gasteiger partial charge < -0.3 is 15.0 Å². The van der Waals surface area contributed by atoms with E-state index in [0.29, 0.717) is 27.9 Å². The maximum atomic E-state index is 14.0. The number of halogens is 2. The largest absolute Gasteiger partial charge is 0.497 e. The number of benzene rings is 3. The van der Waals surface area contributed by atoms with Gasteiger partial charge in [-0.2, -0.15) is 0 Å². The number of carbonyl (C=O) groups excluding carboxylic acids is 2. The third-order valence-corrected chi connectivity index (χ3v) is 8.53. The van der Waals surface area contributed by atoms with Gasteiger partial charge in [0.15, 0.2) is 0 Å². The lowest BCUT2D eigenvalue weighted by Gasteiger charge is -2.32. The molecule has 40 heavy (non-hydrogen) atoms. The van der Waals surface area contributed by atoms with Crippen molar-refractivity contribution in [1.29, 1.82) is 0 Å². The van der Waals surface area contributed by atoms with E-state index in [-0.39, 0.29) is 29.0 Å². The van der Waals surface area contributed by atoms with E-state index >= 15 is 0 Å². The highest BCUT2D eigenvalue weighted by molar-refractivity contribution is 7.92. The van der Waals surface area contributed by atoms with Crippen molar-refractivity contribution >= 4 is 50.7 Å². The molecule has 1 N–H and O–H groups in total. The molecule has 0 bridgehead atoms. The van der Waals surface area contributed by atoms with Gasteiger partial charge in [-0.1, -0.05) is 67.4 Å². The molecule has 2 amide bonds. The number of methoxy groups -OCH3 is 1. The molecular formula is C29H33Cl2N3O5S. The molecule has 3 aromatic rings. The Bertz CT molecular complexity index is 1430. The minimum atomic E-state index is -4.18. The first-order chi connectivity index (χ1) is 18.9. The molecule has 214 valence electrons. The monoisotopic (exact) mass is 605 g/mol. The van der Waals surface area contributed by atoms with Crippen LogP contribution in [0.1, 0.15) is 26.3 Å². The van der Waals surface area contributed by atoms with Crippen LogP contribution in [0.5, 0.6) is 5.75 Å². The van der Waals surface area contributed by atoms with Crippen LogP contribution in [0, 0.1) is 5.92 Å². The van der Waals surface area contributed by atoms with Gasteiger partial charge in [-0.3, -0.25) is 13.9 Å². The van der Waals surface area contributed by atoms with Gasteiger partial charge in [-0.05, 0) is 54.8 Å². The van der Waals surface area contributed by atoms with Crippen LogP contribution in [0.15, 0.2) is 77.7 Å². The molecule has 0 spiro atoms. The normalized spacial score (nSPS) is 12.1. The molecular weight excluding hydrogens is 573 g/mol. The second-order valence-electron chi connectivity index (χ2n) is 9.60. The summed E-state index contributed by atoms with van der Waals surface area (Å²) in [6.45, 7) is 5.33. The Balaban J connectivity index is 2.04. The molecule has 0 unspecified atom stereocenters. The van der Waals surface area contributed by atoms with Crippen LogP contribution in [-0.2, 0) is 26.2 Å². The Kier molecular flexibility index (Phi) is 10.8. The summed E-state index contributed by atoms with van der Waals surface area (Å²) in [6, 6.07) is 18.2. The van der Waals surface area contributed by atoms with E-state index in [1.807, 2.05) is 13.8 Å². The quantitative estimate of drug-likeness (QED) is 0.299. The zero-order valence-electron chi connectivity index (χ0n) is 22.8. The van der Waals surface area contributed by atoms with Crippen LogP contribution in [0.4, 0.5) is 5.69 Å². The number of hydrogen-bond donors (Lipinski definition) is 1. The smallest absolute Gasteiger partial charge is 0.264 e. The third kappa shape index (κ3) is 7.90. The average molecular weight is 607 g/mol. The Labute approximate surface area is 245 Å². The van der Waals surface area contributed by atoms with Crippen LogP contribution < -0.4 is 14.4 Å². The van der Waals surface area contributed by atoms with Crippen molar-refractivity contribution < 1.29 is 22.7 Å². The molecule has 3 rings (SSSR count). The molecule has 11 heteroatoms. The number of rotatable bonds is 12. The highest BCUT2D eigenvalue weighted by atomic mass is 35.5. The van der Waals surface area contributed by atoms with Crippen molar-refractivity contribution in [2.75, 3.05) is 24.5 Å². The van der Waals surface area contributed by atoms with Crippen molar-refractivity contribution in [2.24, 2.45) is 5.92 Å². The van der Waals surface area contributed by atoms with Crippen LogP contribution >= 0.6 is 23.2 Å². The van der Waals surface area contributed by atoms with E-state index in [0.717, 1.165) is 4.31 Å². The van der Waals surface area contributed by atoms with Gasteiger partial charge in [0.05, 0.1) is 17.7 Å². The summed E-state index contributed by atoms with van der Waals surface area (Å²) in [7, 11) is -2.71. The SMILES string of the molecule is COc1cccc(N(CC(=O)N(Cc2ccc(Cl)cc2Cl)[C@@H](C)C(=O)NCC(C)C)S(=O)(=O)c2ccccc2)c1. The van der Waals surface area contributed by atoms with E-state index in [1.54, 1.807) is 61.5 Å². The number of nitrogens with one attached hydrogen (secondary N) is 1. The Morgan fingerprint density at radius 2 is 1.65 bits per heavy atom. The molecule has 0 fully saturated rings. The molecule has 0 aliphatic rings. The zero-order chi connectivity index (χ0) is 29.4. The fraction of sp³-hybridized carbons (Fsp3) is 0.310. The number of ether oxygens (including phenoxy) is 1. The van der Waals surface area contributed by atoms with Crippen LogP contribution in [0.2, 0.25) is 10.0 Å². The van der Waals surface area contributed by atoms with Gasteiger partial charge in [-0.15, -0.1) is 0 Å². The standard InChI is InChI=1S/C29H33Cl2N3O5S/c1-20(2)17-32-29(36)21(3)33(18-22-13-14-23(30)15-27(22)31)28(35)19-34(24-9-8-10-25(16-24)39-4)40(37,38)26-11-6-5-7-12-26/h5-16,20-21H,17-19H2,1-4H3,(H,32,36)/t21-/m0/s1. The molecule has 0 aliphatic heterocycles. The van der Waals surface area contributed by atoms with E-state index in [2.05, 4.69) is 5.32 Å². The van der Waals surface area contributed by atoms with Crippen molar-refractivity contribution in [2.45, 2.75) is 38.3 Å². The summed E-state index contributed by atoms with van der Waals surface area (Å²) in [5.41, 5.74) is 0.791. The van der Waals surface area contributed by atoms with Crippen molar-refractivity contribution in [1.82, 2.24) is 10.2 Å². The Morgan fingerprint density at radius 1 is 0.950 bits per heavy atom. The molecule has 8 nitrogen and oxygen atoms in total.